The van der Waals surface area contributed by atoms with E-state index in [1.807, 2.05) is 0 Å². The first-order valence-corrected chi connectivity index (χ1v) is 4.78. The van der Waals surface area contributed by atoms with Crippen molar-refractivity contribution in [2.45, 2.75) is 25.1 Å². The summed E-state index contributed by atoms with van der Waals surface area (Å²) in [7, 11) is 0. The van der Waals surface area contributed by atoms with Crippen molar-refractivity contribution < 1.29 is 30.7 Å². The minimum atomic E-state index is -4.57. The monoisotopic (exact) mass is 275 g/mol. The van der Waals surface area contributed by atoms with E-state index in [-0.39, 0.29) is 6.07 Å². The lowest BCUT2D eigenvalue weighted by Crippen LogP contribution is -2.19. The number of hydrogen-bond donors (Lipinski definition) is 1. The van der Waals surface area contributed by atoms with E-state index in [4.69, 9.17) is 5.73 Å². The molecule has 0 amide bonds. The van der Waals surface area contributed by atoms with Gasteiger partial charge in [0.15, 0.2) is 23.3 Å². The summed E-state index contributed by atoms with van der Waals surface area (Å²) < 4.78 is 87.6. The number of halogens is 7. The second-order valence-corrected chi connectivity index (χ2v) is 3.64. The summed E-state index contributed by atoms with van der Waals surface area (Å²) in [5.41, 5.74) is 3.92. The summed E-state index contributed by atoms with van der Waals surface area (Å²) in [6.45, 7) is 0. The predicted molar refractivity (Wildman–Crippen MR) is 48.5 cm³/mol. The van der Waals surface area contributed by atoms with Gasteiger partial charge in [0.25, 0.3) is 0 Å². The van der Waals surface area contributed by atoms with Crippen molar-refractivity contribution >= 4 is 0 Å². The van der Waals surface area contributed by atoms with Gasteiger partial charge >= 0.3 is 6.18 Å². The first-order chi connectivity index (χ1) is 8.13. The Balaban J connectivity index is 3.02. The zero-order chi connectivity index (χ0) is 14.1. The topological polar surface area (TPSA) is 26.0 Å². The molecule has 0 saturated heterocycles. The highest BCUT2D eigenvalue weighted by atomic mass is 19.4. The van der Waals surface area contributed by atoms with Crippen LogP contribution in [0.5, 0.6) is 0 Å². The zero-order valence-electron chi connectivity index (χ0n) is 8.79. The Morgan fingerprint density at radius 1 is 1.00 bits per heavy atom. The summed E-state index contributed by atoms with van der Waals surface area (Å²) in [5, 5.41) is 0. The molecule has 0 aromatic heterocycles. The average molecular weight is 275 g/mol. The Labute approximate surface area is 97.4 Å². The quantitative estimate of drug-likeness (QED) is 0.662. The number of benzene rings is 1. The number of alkyl halides is 3. The molecule has 1 aromatic carbocycles. The second kappa shape index (κ2) is 5.13. The first kappa shape index (κ1) is 14.7. The molecule has 0 radical (unpaired) electrons. The molecule has 102 valence electrons. The van der Waals surface area contributed by atoms with Gasteiger partial charge in [-0.15, -0.1) is 0 Å². The molecule has 0 spiro atoms. The van der Waals surface area contributed by atoms with E-state index in [0.29, 0.717) is 0 Å². The van der Waals surface area contributed by atoms with Gasteiger partial charge in [0.2, 0.25) is 0 Å². The van der Waals surface area contributed by atoms with Crippen molar-refractivity contribution in [2.24, 2.45) is 5.73 Å². The average Bonchev–Trinajstić information content (AvgIpc) is 2.23. The lowest BCUT2D eigenvalue weighted by atomic mass is 10.0. The van der Waals surface area contributed by atoms with Crippen molar-refractivity contribution in [1.82, 2.24) is 0 Å². The van der Waals surface area contributed by atoms with Gasteiger partial charge < -0.3 is 5.73 Å². The van der Waals surface area contributed by atoms with Gasteiger partial charge in [-0.25, -0.2) is 17.6 Å². The highest BCUT2D eigenvalue weighted by Gasteiger charge is 2.30. The molecule has 18 heavy (non-hydrogen) atoms. The molecule has 0 heterocycles. The Morgan fingerprint density at radius 3 is 1.83 bits per heavy atom. The molecular weight excluding hydrogens is 267 g/mol. The molecule has 1 rings (SSSR count). The maximum Gasteiger partial charge on any atom is 0.389 e. The molecule has 0 unspecified atom stereocenters. The maximum absolute atomic E-state index is 13.2. The Hall–Kier alpha value is -1.31. The van der Waals surface area contributed by atoms with Gasteiger partial charge in [-0.3, -0.25) is 0 Å². The summed E-state index contributed by atoms with van der Waals surface area (Å²) in [4.78, 5) is 0. The molecule has 8 heteroatoms. The van der Waals surface area contributed by atoms with Crippen LogP contribution in [0.15, 0.2) is 6.07 Å². The Morgan fingerprint density at radius 2 is 1.44 bits per heavy atom. The van der Waals surface area contributed by atoms with E-state index in [1.54, 1.807) is 0 Å². The standard InChI is InChI=1S/C10H8F7N/c11-4-3-5(12)9(14)7(8(4)13)6(18)1-2-10(15,16)17/h3,6H,1-2,18H2/t6-/m1/s1. The van der Waals surface area contributed by atoms with Crippen LogP contribution in [0.2, 0.25) is 0 Å². The zero-order valence-corrected chi connectivity index (χ0v) is 8.79. The molecule has 0 fully saturated rings. The van der Waals surface area contributed by atoms with Crippen molar-refractivity contribution in [3.63, 3.8) is 0 Å². The van der Waals surface area contributed by atoms with Crippen LogP contribution in [0.25, 0.3) is 0 Å². The number of nitrogens with two attached hydrogens (primary N) is 1. The molecule has 0 aliphatic heterocycles. The van der Waals surface area contributed by atoms with Crippen molar-refractivity contribution in [3.8, 4) is 0 Å². The van der Waals surface area contributed by atoms with Gasteiger partial charge in [0, 0.05) is 24.1 Å². The van der Waals surface area contributed by atoms with E-state index in [9.17, 15) is 30.7 Å². The normalized spacial score (nSPS) is 13.8. The van der Waals surface area contributed by atoms with Crippen LogP contribution in [-0.4, -0.2) is 6.18 Å². The van der Waals surface area contributed by atoms with Crippen LogP contribution in [0.3, 0.4) is 0 Å². The summed E-state index contributed by atoms with van der Waals surface area (Å²) in [5.74, 6) is -6.95. The molecule has 2 N–H and O–H groups in total. The van der Waals surface area contributed by atoms with E-state index < -0.39 is 53.9 Å². The molecule has 0 aliphatic rings. The highest BCUT2D eigenvalue weighted by Crippen LogP contribution is 2.30. The van der Waals surface area contributed by atoms with Gasteiger partial charge in [-0.1, -0.05) is 0 Å². The van der Waals surface area contributed by atoms with Gasteiger partial charge in [-0.2, -0.15) is 13.2 Å². The van der Waals surface area contributed by atoms with Gasteiger partial charge in [0.1, 0.15) is 0 Å². The molecule has 1 nitrogen and oxygen atoms in total. The van der Waals surface area contributed by atoms with Crippen LogP contribution in [0.1, 0.15) is 24.4 Å². The minimum Gasteiger partial charge on any atom is -0.324 e. The molecule has 0 saturated carbocycles. The summed E-state index contributed by atoms with van der Waals surface area (Å²) >= 11 is 0. The minimum absolute atomic E-state index is 0.0371. The molecule has 1 aromatic rings. The third-order valence-corrected chi connectivity index (χ3v) is 2.26. The number of hydrogen-bond acceptors (Lipinski definition) is 1. The molecule has 0 bridgehead atoms. The van der Waals surface area contributed by atoms with Crippen molar-refractivity contribution in [3.05, 3.63) is 34.9 Å². The summed E-state index contributed by atoms with van der Waals surface area (Å²) in [6.07, 6.45) is -6.86. The fraction of sp³-hybridized carbons (Fsp3) is 0.400. The largest absolute Gasteiger partial charge is 0.389 e. The smallest absolute Gasteiger partial charge is 0.324 e. The Bertz CT molecular complexity index is 415. The lowest BCUT2D eigenvalue weighted by Gasteiger charge is -2.15. The van der Waals surface area contributed by atoms with Crippen LogP contribution in [0, 0.1) is 23.3 Å². The van der Waals surface area contributed by atoms with Gasteiger partial charge in [-0.05, 0) is 6.42 Å². The SMILES string of the molecule is N[C@H](CCC(F)(F)F)c1c(F)c(F)cc(F)c1F. The van der Waals surface area contributed by atoms with Crippen molar-refractivity contribution in [1.29, 1.82) is 0 Å². The third-order valence-electron chi connectivity index (χ3n) is 2.26. The summed E-state index contributed by atoms with van der Waals surface area (Å²) in [6, 6.07) is -1.82. The second-order valence-electron chi connectivity index (χ2n) is 3.64. The third kappa shape index (κ3) is 3.34. The van der Waals surface area contributed by atoms with E-state index >= 15 is 0 Å². The molecular formula is C10H8F7N. The Kier molecular flexibility index (Phi) is 4.20. The van der Waals surface area contributed by atoms with Crippen LogP contribution < -0.4 is 5.73 Å². The maximum atomic E-state index is 13.2. The first-order valence-electron chi connectivity index (χ1n) is 4.78. The fourth-order valence-electron chi connectivity index (χ4n) is 1.38. The molecule has 0 aliphatic carbocycles. The van der Waals surface area contributed by atoms with E-state index in [1.165, 1.54) is 0 Å². The predicted octanol–water partition coefficient (Wildman–Crippen LogP) is 3.59. The van der Waals surface area contributed by atoms with Crippen LogP contribution in [0.4, 0.5) is 30.7 Å². The lowest BCUT2D eigenvalue weighted by molar-refractivity contribution is -0.136. The highest BCUT2D eigenvalue weighted by molar-refractivity contribution is 5.25. The van der Waals surface area contributed by atoms with Crippen LogP contribution in [-0.2, 0) is 0 Å². The van der Waals surface area contributed by atoms with E-state index in [2.05, 4.69) is 0 Å². The van der Waals surface area contributed by atoms with E-state index in [0.717, 1.165) is 0 Å². The molecule has 1 atom stereocenters. The number of rotatable bonds is 3. The van der Waals surface area contributed by atoms with Crippen molar-refractivity contribution in [2.75, 3.05) is 0 Å². The van der Waals surface area contributed by atoms with Gasteiger partial charge in [0.05, 0.1) is 0 Å². The van der Waals surface area contributed by atoms with Crippen LogP contribution >= 0.6 is 0 Å². The fourth-order valence-corrected chi connectivity index (χ4v) is 1.38.